The van der Waals surface area contributed by atoms with Crippen LogP contribution in [0, 0.1) is 11.3 Å². The van der Waals surface area contributed by atoms with Gasteiger partial charge in [0.05, 0.1) is 16.1 Å². The Morgan fingerprint density at radius 3 is 2.53 bits per heavy atom. The molecule has 90 valence electrons. The van der Waals surface area contributed by atoms with Crippen LogP contribution in [0.3, 0.4) is 0 Å². The molecule has 0 atom stereocenters. The summed E-state index contributed by atoms with van der Waals surface area (Å²) in [5.74, 6) is 0. The molecule has 0 aliphatic heterocycles. The molecule has 2 aromatic carbocycles. The summed E-state index contributed by atoms with van der Waals surface area (Å²) in [6.45, 7) is 0. The van der Waals surface area contributed by atoms with Gasteiger partial charge in [0.15, 0.2) is 0 Å². The SMILES string of the molecule is N#Cc1cnc2c(-c3ccccc3)cccc2c1Cl. The summed E-state index contributed by atoms with van der Waals surface area (Å²) in [7, 11) is 0. The Morgan fingerprint density at radius 1 is 1.00 bits per heavy atom. The van der Waals surface area contributed by atoms with Gasteiger partial charge in [-0.1, -0.05) is 60.1 Å². The highest BCUT2D eigenvalue weighted by atomic mass is 35.5. The van der Waals surface area contributed by atoms with E-state index in [1.807, 2.05) is 48.5 Å². The van der Waals surface area contributed by atoms with E-state index < -0.39 is 0 Å². The third-order valence-corrected chi connectivity index (χ3v) is 3.44. The first-order valence-electron chi connectivity index (χ1n) is 5.84. The van der Waals surface area contributed by atoms with Crippen molar-refractivity contribution in [3.63, 3.8) is 0 Å². The smallest absolute Gasteiger partial charge is 0.102 e. The van der Waals surface area contributed by atoms with Crippen LogP contribution in [0.4, 0.5) is 0 Å². The van der Waals surface area contributed by atoms with Crippen molar-refractivity contribution in [1.82, 2.24) is 4.98 Å². The molecule has 0 amide bonds. The molecule has 19 heavy (non-hydrogen) atoms. The number of rotatable bonds is 1. The zero-order valence-electron chi connectivity index (χ0n) is 9.97. The Kier molecular flexibility index (Phi) is 2.91. The molecule has 1 heterocycles. The highest BCUT2D eigenvalue weighted by Gasteiger charge is 2.10. The molecule has 0 spiro atoms. The van der Waals surface area contributed by atoms with Gasteiger partial charge in [0.25, 0.3) is 0 Å². The molecule has 2 nitrogen and oxygen atoms in total. The normalized spacial score (nSPS) is 10.3. The number of nitriles is 1. The predicted octanol–water partition coefficient (Wildman–Crippen LogP) is 4.43. The van der Waals surface area contributed by atoms with Crippen molar-refractivity contribution in [3.05, 3.63) is 65.3 Å². The van der Waals surface area contributed by atoms with Crippen molar-refractivity contribution in [2.24, 2.45) is 0 Å². The van der Waals surface area contributed by atoms with E-state index in [0.717, 1.165) is 22.0 Å². The van der Waals surface area contributed by atoms with E-state index in [4.69, 9.17) is 16.9 Å². The molecule has 0 radical (unpaired) electrons. The maximum absolute atomic E-state index is 8.99. The lowest BCUT2D eigenvalue weighted by Gasteiger charge is -2.07. The monoisotopic (exact) mass is 264 g/mol. The van der Waals surface area contributed by atoms with Crippen molar-refractivity contribution < 1.29 is 0 Å². The number of fused-ring (bicyclic) bond motifs is 1. The van der Waals surface area contributed by atoms with Crippen LogP contribution in [0.1, 0.15) is 5.56 Å². The Bertz CT molecular complexity index is 789. The Labute approximate surface area is 115 Å². The number of nitrogens with zero attached hydrogens (tertiary/aromatic N) is 2. The summed E-state index contributed by atoms with van der Waals surface area (Å²) >= 11 is 6.24. The highest BCUT2D eigenvalue weighted by Crippen LogP contribution is 2.32. The zero-order chi connectivity index (χ0) is 13.2. The van der Waals surface area contributed by atoms with Crippen LogP contribution in [-0.4, -0.2) is 4.98 Å². The first-order valence-corrected chi connectivity index (χ1v) is 6.22. The summed E-state index contributed by atoms with van der Waals surface area (Å²) in [5.41, 5.74) is 3.32. The van der Waals surface area contributed by atoms with Crippen LogP contribution in [0.25, 0.3) is 22.0 Å². The van der Waals surface area contributed by atoms with Gasteiger partial charge in [-0.15, -0.1) is 0 Å². The van der Waals surface area contributed by atoms with Gasteiger partial charge >= 0.3 is 0 Å². The number of pyridine rings is 1. The lowest BCUT2D eigenvalue weighted by Crippen LogP contribution is -1.88. The third-order valence-electron chi connectivity index (χ3n) is 3.04. The minimum absolute atomic E-state index is 0.402. The predicted molar refractivity (Wildman–Crippen MR) is 76.9 cm³/mol. The van der Waals surface area contributed by atoms with Crippen LogP contribution < -0.4 is 0 Å². The number of hydrogen-bond acceptors (Lipinski definition) is 2. The van der Waals surface area contributed by atoms with Crippen molar-refractivity contribution in [2.75, 3.05) is 0 Å². The van der Waals surface area contributed by atoms with E-state index in [1.54, 1.807) is 0 Å². The molecular weight excluding hydrogens is 256 g/mol. The zero-order valence-corrected chi connectivity index (χ0v) is 10.7. The molecule has 3 aromatic rings. The molecule has 3 heteroatoms. The number of benzene rings is 2. The highest BCUT2D eigenvalue weighted by molar-refractivity contribution is 6.36. The van der Waals surface area contributed by atoms with Crippen molar-refractivity contribution in [3.8, 4) is 17.2 Å². The van der Waals surface area contributed by atoms with E-state index in [-0.39, 0.29) is 0 Å². The maximum Gasteiger partial charge on any atom is 0.102 e. The van der Waals surface area contributed by atoms with E-state index >= 15 is 0 Å². The maximum atomic E-state index is 8.99. The first-order chi connectivity index (χ1) is 9.31. The second-order valence-corrected chi connectivity index (χ2v) is 4.54. The molecule has 0 fully saturated rings. The lowest BCUT2D eigenvalue weighted by molar-refractivity contribution is 1.37. The number of hydrogen-bond donors (Lipinski definition) is 0. The minimum atomic E-state index is 0.402. The average Bonchev–Trinajstić information content (AvgIpc) is 2.48. The van der Waals surface area contributed by atoms with Gasteiger partial charge < -0.3 is 0 Å². The number of para-hydroxylation sites is 1. The second kappa shape index (κ2) is 4.72. The van der Waals surface area contributed by atoms with Gasteiger partial charge in [0, 0.05) is 17.1 Å². The number of aromatic nitrogens is 1. The molecule has 0 saturated heterocycles. The largest absolute Gasteiger partial charge is 0.254 e. The van der Waals surface area contributed by atoms with Crippen LogP contribution in [-0.2, 0) is 0 Å². The fraction of sp³-hybridized carbons (Fsp3) is 0. The van der Waals surface area contributed by atoms with Gasteiger partial charge in [-0.05, 0) is 5.56 Å². The first kappa shape index (κ1) is 11.7. The quantitative estimate of drug-likeness (QED) is 0.652. The molecule has 0 bridgehead atoms. The third kappa shape index (κ3) is 1.95. The van der Waals surface area contributed by atoms with E-state index in [2.05, 4.69) is 11.1 Å². The summed E-state index contributed by atoms with van der Waals surface area (Å²) in [6, 6.07) is 17.9. The molecule has 0 aliphatic carbocycles. The number of halogens is 1. The van der Waals surface area contributed by atoms with Crippen molar-refractivity contribution in [1.29, 1.82) is 5.26 Å². The van der Waals surface area contributed by atoms with Gasteiger partial charge in [-0.2, -0.15) is 5.26 Å². The second-order valence-electron chi connectivity index (χ2n) is 4.17. The summed E-state index contributed by atoms with van der Waals surface area (Å²) in [6.07, 6.45) is 1.52. The van der Waals surface area contributed by atoms with Crippen LogP contribution >= 0.6 is 11.6 Å². The molecule has 0 N–H and O–H groups in total. The summed E-state index contributed by atoms with van der Waals surface area (Å²) in [4.78, 5) is 4.38. The lowest BCUT2D eigenvalue weighted by atomic mass is 10.0. The molecular formula is C16H9ClN2. The van der Waals surface area contributed by atoms with Crippen LogP contribution in [0.5, 0.6) is 0 Å². The van der Waals surface area contributed by atoms with E-state index in [0.29, 0.717) is 10.6 Å². The molecule has 3 rings (SSSR count). The van der Waals surface area contributed by atoms with Crippen molar-refractivity contribution in [2.45, 2.75) is 0 Å². The topological polar surface area (TPSA) is 36.7 Å². The van der Waals surface area contributed by atoms with E-state index in [9.17, 15) is 0 Å². The average molecular weight is 265 g/mol. The summed E-state index contributed by atoms with van der Waals surface area (Å²) < 4.78 is 0. The Morgan fingerprint density at radius 2 is 1.79 bits per heavy atom. The van der Waals surface area contributed by atoms with Crippen LogP contribution in [0.15, 0.2) is 54.7 Å². The van der Waals surface area contributed by atoms with E-state index in [1.165, 1.54) is 6.20 Å². The van der Waals surface area contributed by atoms with Gasteiger partial charge in [0.2, 0.25) is 0 Å². The van der Waals surface area contributed by atoms with Gasteiger partial charge in [-0.25, -0.2) is 0 Å². The molecule has 1 aromatic heterocycles. The van der Waals surface area contributed by atoms with Gasteiger partial charge in [-0.3, -0.25) is 4.98 Å². The van der Waals surface area contributed by atoms with Crippen molar-refractivity contribution >= 4 is 22.5 Å². The van der Waals surface area contributed by atoms with Gasteiger partial charge in [0.1, 0.15) is 6.07 Å². The minimum Gasteiger partial charge on any atom is -0.254 e. The van der Waals surface area contributed by atoms with Crippen LogP contribution in [0.2, 0.25) is 5.02 Å². The fourth-order valence-corrected chi connectivity index (χ4v) is 2.36. The Balaban J connectivity index is 2.35. The molecule has 0 saturated carbocycles. The fourth-order valence-electron chi connectivity index (χ4n) is 2.12. The standard InChI is InChI=1S/C16H9ClN2/c17-15-12(9-18)10-19-16-13(7-4-8-14(15)16)11-5-2-1-3-6-11/h1-8,10H. The Hall–Kier alpha value is -2.37. The molecule has 0 aliphatic rings. The molecule has 0 unspecified atom stereocenters. The summed E-state index contributed by atoms with van der Waals surface area (Å²) in [5, 5.41) is 10.3.